The Kier molecular flexibility index (Phi) is 14.9. The first-order valence-electron chi connectivity index (χ1n) is 16.7. The third kappa shape index (κ3) is 12.9. The van der Waals surface area contributed by atoms with Gasteiger partial charge in [-0.2, -0.15) is 0 Å². The maximum absolute atomic E-state index is 12.2. The first kappa shape index (κ1) is 39.0. The number of rotatable bonds is 10. The minimum Gasteiger partial charge on any atom is -0.496 e. The second kappa shape index (κ2) is 18.4. The van der Waals surface area contributed by atoms with Crippen LogP contribution in [0, 0.1) is 0 Å². The van der Waals surface area contributed by atoms with E-state index in [1.807, 2.05) is 78.8 Å². The molecule has 0 N–H and O–H groups in total. The molecular formula is C36H55ClN4O7. The molecule has 0 aliphatic carbocycles. The quantitative estimate of drug-likeness (QED) is 0.205. The van der Waals surface area contributed by atoms with E-state index < -0.39 is 5.60 Å². The van der Waals surface area contributed by atoms with Crippen molar-refractivity contribution < 1.29 is 33.3 Å². The summed E-state index contributed by atoms with van der Waals surface area (Å²) in [4.78, 5) is 31.3. The number of halogens is 1. The molecule has 0 bridgehead atoms. The zero-order valence-electron chi connectivity index (χ0n) is 30.2. The van der Waals surface area contributed by atoms with Crippen molar-refractivity contribution >= 4 is 23.1 Å². The summed E-state index contributed by atoms with van der Waals surface area (Å²) in [6.07, 6.45) is 0.0353. The number of amides is 2. The lowest BCUT2D eigenvalue weighted by Crippen LogP contribution is -2.49. The van der Waals surface area contributed by atoms with Crippen LogP contribution in [0.3, 0.4) is 0 Å². The van der Waals surface area contributed by atoms with Gasteiger partial charge in [0.15, 0.2) is 0 Å². The number of carbonyl (C=O) groups excluding carboxylic acids is 2. The molecule has 2 saturated heterocycles. The van der Waals surface area contributed by atoms with E-state index in [9.17, 15) is 9.59 Å². The molecule has 11 nitrogen and oxygen atoms in total. The van der Waals surface area contributed by atoms with Crippen LogP contribution in [0.4, 0.5) is 9.59 Å². The Bertz CT molecular complexity index is 1320. The van der Waals surface area contributed by atoms with Crippen molar-refractivity contribution in [3.63, 3.8) is 0 Å². The lowest BCUT2D eigenvalue weighted by molar-refractivity contribution is 0.0138. The number of carbonyl (C=O) groups is 2. The lowest BCUT2D eigenvalue weighted by atomic mass is 10.1. The average molecular weight is 691 g/mol. The molecule has 4 rings (SSSR count). The number of methoxy groups -OCH3 is 2. The summed E-state index contributed by atoms with van der Waals surface area (Å²) in [6, 6.07) is 11.9. The van der Waals surface area contributed by atoms with Crippen molar-refractivity contribution in [3.8, 4) is 23.0 Å². The van der Waals surface area contributed by atoms with Crippen LogP contribution in [-0.2, 0) is 17.8 Å². The highest BCUT2D eigenvalue weighted by molar-refractivity contribution is 6.62. The van der Waals surface area contributed by atoms with Crippen LogP contribution in [0.1, 0.15) is 59.6 Å². The zero-order chi connectivity index (χ0) is 35.4. The number of benzene rings is 2. The van der Waals surface area contributed by atoms with E-state index in [4.69, 9.17) is 35.3 Å². The van der Waals surface area contributed by atoms with Crippen LogP contribution in [0.5, 0.6) is 23.0 Å². The molecule has 2 aliphatic heterocycles. The molecule has 2 heterocycles. The maximum atomic E-state index is 12.2. The molecule has 2 aliphatic rings. The molecule has 0 atom stereocenters. The number of hydrogen-bond acceptors (Lipinski definition) is 9. The molecule has 2 aromatic rings. The minimum absolute atomic E-state index is 0.131. The monoisotopic (exact) mass is 690 g/mol. The summed E-state index contributed by atoms with van der Waals surface area (Å²) in [7, 11) is 3.35. The second-order valence-electron chi connectivity index (χ2n) is 13.5. The zero-order valence-corrected chi connectivity index (χ0v) is 31.0. The van der Waals surface area contributed by atoms with E-state index in [0.717, 1.165) is 73.4 Å². The highest BCUT2D eigenvalue weighted by atomic mass is 35.5. The van der Waals surface area contributed by atoms with Gasteiger partial charge in [-0.15, -0.1) is 0 Å². The van der Waals surface area contributed by atoms with Crippen LogP contribution >= 0.6 is 11.6 Å². The Morgan fingerprint density at radius 3 is 1.42 bits per heavy atom. The predicted octanol–water partition coefficient (Wildman–Crippen LogP) is 6.49. The number of nitrogens with zero attached hydrogens (tertiary/aromatic N) is 4. The van der Waals surface area contributed by atoms with Crippen molar-refractivity contribution in [2.75, 3.05) is 66.6 Å². The van der Waals surface area contributed by atoms with Crippen molar-refractivity contribution in [1.29, 1.82) is 0 Å². The van der Waals surface area contributed by atoms with Crippen LogP contribution in [0.25, 0.3) is 0 Å². The van der Waals surface area contributed by atoms with Gasteiger partial charge in [-0.25, -0.2) is 4.79 Å². The Labute approximate surface area is 291 Å². The third-order valence-corrected chi connectivity index (χ3v) is 7.93. The molecule has 48 heavy (non-hydrogen) atoms. The molecule has 0 aromatic heterocycles. The van der Waals surface area contributed by atoms with Gasteiger partial charge < -0.3 is 33.5 Å². The molecular weight excluding hydrogens is 636 g/mol. The topological polar surface area (TPSA) is 93.3 Å². The number of hydrogen-bond donors (Lipinski definition) is 0. The molecule has 268 valence electrons. The maximum Gasteiger partial charge on any atom is 0.410 e. The molecule has 0 spiro atoms. The van der Waals surface area contributed by atoms with Gasteiger partial charge in [0, 0.05) is 88.7 Å². The number of ether oxygens (including phenoxy) is 5. The fourth-order valence-corrected chi connectivity index (χ4v) is 5.55. The van der Waals surface area contributed by atoms with Gasteiger partial charge in [0.1, 0.15) is 28.6 Å². The van der Waals surface area contributed by atoms with Crippen molar-refractivity contribution in [2.24, 2.45) is 0 Å². The van der Waals surface area contributed by atoms with Gasteiger partial charge >= 0.3 is 11.5 Å². The van der Waals surface area contributed by atoms with E-state index in [2.05, 4.69) is 15.9 Å². The highest BCUT2D eigenvalue weighted by Gasteiger charge is 2.26. The number of piperazine rings is 2. The Balaban J connectivity index is 0.000000264. The first-order chi connectivity index (χ1) is 22.7. The summed E-state index contributed by atoms with van der Waals surface area (Å²) in [5.74, 6) is 3.29. The highest BCUT2D eigenvalue weighted by Crippen LogP contribution is 2.28. The van der Waals surface area contributed by atoms with Crippen LogP contribution in [0.2, 0.25) is 0 Å². The molecule has 12 heteroatoms. The van der Waals surface area contributed by atoms with Gasteiger partial charge in [0.25, 0.3) is 0 Å². The molecule has 0 radical (unpaired) electrons. The summed E-state index contributed by atoms with van der Waals surface area (Å²) in [5.41, 5.74) is 1.78. The largest absolute Gasteiger partial charge is 0.496 e. The molecule has 0 unspecified atom stereocenters. The predicted molar refractivity (Wildman–Crippen MR) is 189 cm³/mol. The second-order valence-corrected chi connectivity index (χ2v) is 13.9. The SMILES string of the molecule is COc1cc(OC(C)C)ccc1CN1CCN(C(=O)Cl)CC1.COc1cc(OC(C)C)ccc1CN1CCN(C(=O)OC(C)(C)C)CC1. The van der Waals surface area contributed by atoms with Crippen LogP contribution in [0.15, 0.2) is 36.4 Å². The Morgan fingerprint density at radius 1 is 0.688 bits per heavy atom. The summed E-state index contributed by atoms with van der Waals surface area (Å²) < 4.78 is 27.9. The first-order valence-corrected chi connectivity index (χ1v) is 17.1. The molecule has 2 amide bonds. The summed E-state index contributed by atoms with van der Waals surface area (Å²) in [5, 5.41) is -0.368. The Hall–Kier alpha value is -3.41. The minimum atomic E-state index is -0.457. The van der Waals surface area contributed by atoms with E-state index in [-0.39, 0.29) is 23.7 Å². The molecule has 0 saturated carbocycles. The van der Waals surface area contributed by atoms with Gasteiger partial charge in [0.2, 0.25) is 0 Å². The molecule has 2 aromatic carbocycles. The van der Waals surface area contributed by atoms with Gasteiger partial charge in [0.05, 0.1) is 26.4 Å². The van der Waals surface area contributed by atoms with Crippen molar-refractivity contribution in [1.82, 2.24) is 19.6 Å². The summed E-state index contributed by atoms with van der Waals surface area (Å²) in [6.45, 7) is 21.2. The van der Waals surface area contributed by atoms with E-state index in [0.29, 0.717) is 26.2 Å². The fraction of sp³-hybridized carbons (Fsp3) is 0.611. The fourth-order valence-electron chi connectivity index (χ4n) is 5.38. The standard InChI is InChI=1S/C20H32N2O4.C16H23ClN2O3/c1-15(2)25-17-8-7-16(18(13-17)24-6)14-21-9-11-22(12-10-21)19(23)26-20(3,4)5;1-12(2)22-14-5-4-13(15(10-14)21-3)11-18-6-8-19(9-7-18)16(17)20/h7-8,13,15H,9-12,14H2,1-6H3;4-5,10,12H,6-9,11H2,1-3H3. The van der Waals surface area contributed by atoms with Crippen LogP contribution < -0.4 is 18.9 Å². The smallest absolute Gasteiger partial charge is 0.410 e. The molecule has 2 fully saturated rings. The lowest BCUT2D eigenvalue weighted by Gasteiger charge is -2.35. The van der Waals surface area contributed by atoms with E-state index in [1.54, 1.807) is 24.0 Å². The van der Waals surface area contributed by atoms with Gasteiger partial charge in [-0.1, -0.05) is 12.1 Å². The van der Waals surface area contributed by atoms with Gasteiger partial charge in [-0.3, -0.25) is 14.6 Å². The van der Waals surface area contributed by atoms with Crippen molar-refractivity contribution in [3.05, 3.63) is 47.5 Å². The van der Waals surface area contributed by atoms with E-state index in [1.165, 1.54) is 0 Å². The van der Waals surface area contributed by atoms with E-state index >= 15 is 0 Å². The normalized spacial score (nSPS) is 15.9. The summed E-state index contributed by atoms with van der Waals surface area (Å²) >= 11 is 5.51. The van der Waals surface area contributed by atoms with Gasteiger partial charge in [-0.05, 0) is 72.2 Å². The Morgan fingerprint density at radius 2 is 1.08 bits per heavy atom. The third-order valence-electron chi connectivity index (χ3n) is 7.69. The van der Waals surface area contributed by atoms with Crippen LogP contribution in [-0.4, -0.2) is 115 Å². The average Bonchev–Trinajstić information content (AvgIpc) is 3.02. The van der Waals surface area contributed by atoms with Crippen molar-refractivity contribution in [2.45, 2.75) is 79.4 Å².